The van der Waals surface area contributed by atoms with Crippen LogP contribution in [0.2, 0.25) is 0 Å². The van der Waals surface area contributed by atoms with Gasteiger partial charge in [0, 0.05) is 69.7 Å². The molecule has 5 nitrogen and oxygen atoms in total. The number of β-amino-alcohol motifs (C(OH)–C–C–N with tert-alkyl or cyclic N) is 1. The molecule has 1 aromatic heterocycles. The van der Waals surface area contributed by atoms with Gasteiger partial charge in [0.05, 0.1) is 12.3 Å². The fourth-order valence-electron chi connectivity index (χ4n) is 3.06. The Morgan fingerprint density at radius 1 is 1.17 bits per heavy atom. The number of piperazine rings is 1. The molecule has 2 heterocycles. The number of aliphatic hydroxyl groups is 1. The van der Waals surface area contributed by atoms with Gasteiger partial charge in [0.2, 0.25) is 0 Å². The molecule has 1 unspecified atom stereocenters. The molecule has 0 bridgehead atoms. The first-order valence-electron chi connectivity index (χ1n) is 8.06. The van der Waals surface area contributed by atoms with Crippen LogP contribution in [0.1, 0.15) is 17.2 Å². The summed E-state index contributed by atoms with van der Waals surface area (Å²) in [4.78, 5) is 4.44. The molecule has 0 spiro atoms. The number of aryl methyl sites for hydroxylation is 1. The van der Waals surface area contributed by atoms with E-state index >= 15 is 0 Å². The van der Waals surface area contributed by atoms with E-state index in [-0.39, 0.29) is 5.56 Å². The highest BCUT2D eigenvalue weighted by Crippen LogP contribution is 2.20. The van der Waals surface area contributed by atoms with Gasteiger partial charge in [-0.1, -0.05) is 6.07 Å². The highest BCUT2D eigenvalue weighted by Gasteiger charge is 2.22. The van der Waals surface area contributed by atoms with Crippen LogP contribution in [0.25, 0.3) is 0 Å². The minimum absolute atomic E-state index is 0.147. The Balaban J connectivity index is 1.49. The Morgan fingerprint density at radius 3 is 2.50 bits per heavy atom. The average molecular weight is 336 g/mol. The van der Waals surface area contributed by atoms with Gasteiger partial charge in [-0.3, -0.25) is 14.5 Å². The predicted octanol–water partition coefficient (Wildman–Crippen LogP) is 1.55. The average Bonchev–Trinajstić information content (AvgIpc) is 2.94. The third kappa shape index (κ3) is 4.17. The number of halogens is 2. The van der Waals surface area contributed by atoms with Gasteiger partial charge in [0.15, 0.2) is 0 Å². The van der Waals surface area contributed by atoms with E-state index < -0.39 is 17.7 Å². The van der Waals surface area contributed by atoms with E-state index in [9.17, 15) is 13.9 Å². The summed E-state index contributed by atoms with van der Waals surface area (Å²) in [5, 5.41) is 14.4. The van der Waals surface area contributed by atoms with Crippen LogP contribution in [0.3, 0.4) is 0 Å². The van der Waals surface area contributed by atoms with E-state index in [1.807, 2.05) is 19.4 Å². The minimum Gasteiger partial charge on any atom is -0.387 e. The molecule has 1 atom stereocenters. The van der Waals surface area contributed by atoms with Gasteiger partial charge < -0.3 is 5.11 Å². The second-order valence-electron chi connectivity index (χ2n) is 6.28. The molecule has 24 heavy (non-hydrogen) atoms. The van der Waals surface area contributed by atoms with Crippen molar-refractivity contribution in [3.05, 3.63) is 53.4 Å². The van der Waals surface area contributed by atoms with Gasteiger partial charge >= 0.3 is 0 Å². The number of nitrogens with zero attached hydrogens (tertiary/aromatic N) is 4. The molecule has 3 rings (SSSR count). The smallest absolute Gasteiger partial charge is 0.131 e. The van der Waals surface area contributed by atoms with Gasteiger partial charge in [-0.05, 0) is 6.07 Å². The van der Waals surface area contributed by atoms with Crippen molar-refractivity contribution >= 4 is 0 Å². The van der Waals surface area contributed by atoms with Crippen LogP contribution < -0.4 is 0 Å². The normalized spacial score (nSPS) is 18.0. The minimum atomic E-state index is -0.949. The highest BCUT2D eigenvalue weighted by atomic mass is 19.1. The fourth-order valence-corrected chi connectivity index (χ4v) is 3.06. The molecule has 1 fully saturated rings. The zero-order chi connectivity index (χ0) is 17.1. The topological polar surface area (TPSA) is 44.5 Å². The third-order valence-electron chi connectivity index (χ3n) is 4.38. The lowest BCUT2D eigenvalue weighted by molar-refractivity contribution is 0.0684. The fraction of sp³-hybridized carbons (Fsp3) is 0.471. The van der Waals surface area contributed by atoms with Crippen molar-refractivity contribution in [1.29, 1.82) is 0 Å². The number of aliphatic hydroxyl groups excluding tert-OH is 1. The van der Waals surface area contributed by atoms with E-state index in [2.05, 4.69) is 14.9 Å². The molecule has 130 valence electrons. The molecule has 1 saturated heterocycles. The zero-order valence-corrected chi connectivity index (χ0v) is 13.7. The summed E-state index contributed by atoms with van der Waals surface area (Å²) in [5.74, 6) is -1.33. The first kappa shape index (κ1) is 17.0. The first-order valence-corrected chi connectivity index (χ1v) is 8.06. The summed E-state index contributed by atoms with van der Waals surface area (Å²) in [6.07, 6.45) is 2.93. The summed E-state index contributed by atoms with van der Waals surface area (Å²) >= 11 is 0. The lowest BCUT2D eigenvalue weighted by atomic mass is 10.1. The molecular formula is C17H22F2N4O. The maximum atomic E-state index is 13.7. The molecule has 1 aromatic carbocycles. The second-order valence-corrected chi connectivity index (χ2v) is 6.28. The molecular weight excluding hydrogens is 314 g/mol. The van der Waals surface area contributed by atoms with Gasteiger partial charge in [-0.15, -0.1) is 0 Å². The van der Waals surface area contributed by atoms with Crippen molar-refractivity contribution in [2.45, 2.75) is 12.6 Å². The number of hydrogen-bond acceptors (Lipinski definition) is 4. The highest BCUT2D eigenvalue weighted by molar-refractivity contribution is 5.21. The Kier molecular flexibility index (Phi) is 5.23. The van der Waals surface area contributed by atoms with Crippen molar-refractivity contribution in [1.82, 2.24) is 19.6 Å². The summed E-state index contributed by atoms with van der Waals surface area (Å²) < 4.78 is 28.5. The molecule has 1 aliphatic heterocycles. The van der Waals surface area contributed by atoms with E-state index in [1.165, 1.54) is 17.7 Å². The molecule has 2 aromatic rings. The lowest BCUT2D eigenvalue weighted by Gasteiger charge is -2.35. The number of aromatic nitrogens is 2. The molecule has 0 amide bonds. The van der Waals surface area contributed by atoms with E-state index in [1.54, 1.807) is 4.68 Å². The quantitative estimate of drug-likeness (QED) is 0.900. The Labute approximate surface area is 140 Å². The predicted molar refractivity (Wildman–Crippen MR) is 86.2 cm³/mol. The van der Waals surface area contributed by atoms with E-state index in [0.717, 1.165) is 38.8 Å². The monoisotopic (exact) mass is 336 g/mol. The Hall–Kier alpha value is -1.83. The van der Waals surface area contributed by atoms with Gasteiger partial charge in [-0.25, -0.2) is 8.78 Å². The number of hydrogen-bond donors (Lipinski definition) is 1. The molecule has 1 aliphatic rings. The summed E-state index contributed by atoms with van der Waals surface area (Å²) in [7, 11) is 1.90. The Bertz CT molecular complexity index is 683. The van der Waals surface area contributed by atoms with Crippen LogP contribution in [0, 0.1) is 11.6 Å². The summed E-state index contributed by atoms with van der Waals surface area (Å²) in [6, 6.07) is 3.30. The summed E-state index contributed by atoms with van der Waals surface area (Å²) in [6.45, 7) is 4.58. The number of rotatable bonds is 5. The van der Waals surface area contributed by atoms with E-state index in [0.29, 0.717) is 6.54 Å². The van der Waals surface area contributed by atoms with Gasteiger partial charge in [-0.2, -0.15) is 5.10 Å². The van der Waals surface area contributed by atoms with Crippen LogP contribution in [0.4, 0.5) is 8.78 Å². The summed E-state index contributed by atoms with van der Waals surface area (Å²) in [5.41, 5.74) is 1.33. The van der Waals surface area contributed by atoms with Crippen LogP contribution in [0.15, 0.2) is 30.6 Å². The number of benzene rings is 1. The second kappa shape index (κ2) is 7.38. The first-order chi connectivity index (χ1) is 11.5. The van der Waals surface area contributed by atoms with Crippen molar-refractivity contribution in [3.63, 3.8) is 0 Å². The van der Waals surface area contributed by atoms with Crippen molar-refractivity contribution in [2.75, 3.05) is 32.7 Å². The van der Waals surface area contributed by atoms with E-state index in [4.69, 9.17) is 0 Å². The van der Waals surface area contributed by atoms with Crippen molar-refractivity contribution in [3.8, 4) is 0 Å². The Morgan fingerprint density at radius 2 is 1.88 bits per heavy atom. The van der Waals surface area contributed by atoms with Gasteiger partial charge in [0.1, 0.15) is 11.6 Å². The maximum absolute atomic E-state index is 13.7. The molecule has 0 aliphatic carbocycles. The van der Waals surface area contributed by atoms with Gasteiger partial charge in [0.25, 0.3) is 0 Å². The van der Waals surface area contributed by atoms with Crippen LogP contribution in [-0.4, -0.2) is 57.4 Å². The largest absolute Gasteiger partial charge is 0.387 e. The molecule has 0 radical (unpaired) electrons. The maximum Gasteiger partial charge on any atom is 0.131 e. The molecule has 7 heteroatoms. The van der Waals surface area contributed by atoms with Crippen LogP contribution >= 0.6 is 0 Å². The van der Waals surface area contributed by atoms with Crippen LogP contribution in [-0.2, 0) is 13.6 Å². The third-order valence-corrected chi connectivity index (χ3v) is 4.38. The van der Waals surface area contributed by atoms with Crippen molar-refractivity contribution < 1.29 is 13.9 Å². The molecule has 0 saturated carbocycles. The van der Waals surface area contributed by atoms with Crippen molar-refractivity contribution in [2.24, 2.45) is 7.05 Å². The zero-order valence-electron chi connectivity index (χ0n) is 13.7. The standard InChI is InChI=1S/C17H22F2N4O/c1-21-10-13(9-20-21)11-22-4-6-23(7-5-22)12-17(24)15-3-2-14(18)8-16(15)19/h2-3,8-10,17,24H,4-7,11-12H2,1H3. The molecule has 1 N–H and O–H groups in total. The SMILES string of the molecule is Cn1cc(CN2CCN(CC(O)c3ccc(F)cc3F)CC2)cn1. The van der Waals surface area contributed by atoms with Crippen LogP contribution in [0.5, 0.6) is 0 Å². The lowest BCUT2D eigenvalue weighted by Crippen LogP contribution is -2.47.